The monoisotopic (exact) mass is 314 g/mol. The van der Waals surface area contributed by atoms with Gasteiger partial charge in [-0.3, -0.25) is 4.90 Å². The van der Waals surface area contributed by atoms with E-state index in [0.29, 0.717) is 30.7 Å². The Morgan fingerprint density at radius 2 is 1.81 bits per heavy atom. The van der Waals surface area contributed by atoms with Crippen molar-refractivity contribution in [3.8, 4) is 0 Å². The fourth-order valence-corrected chi connectivity index (χ4v) is 3.41. The van der Waals surface area contributed by atoms with Crippen molar-refractivity contribution in [3.05, 3.63) is 29.8 Å². The fraction of sp³-hybridized carbons (Fsp3) is 0.600. The first-order valence-electron chi connectivity index (χ1n) is 7.23. The van der Waals surface area contributed by atoms with E-state index in [2.05, 4.69) is 37.3 Å². The molecular weight excluding hydrogens is 288 g/mol. The molecule has 5 nitrogen and oxygen atoms in total. The van der Waals surface area contributed by atoms with Gasteiger partial charge in [0.25, 0.3) is 0 Å². The summed E-state index contributed by atoms with van der Waals surface area (Å²) in [6.07, 6.45) is 0. The minimum Gasteiger partial charge on any atom is -0.392 e. The van der Waals surface area contributed by atoms with Crippen LogP contribution < -0.4 is 4.72 Å². The van der Waals surface area contributed by atoms with E-state index >= 15 is 0 Å². The average Bonchev–Trinajstić information content (AvgIpc) is 2.42. The van der Waals surface area contributed by atoms with Gasteiger partial charge in [-0.05, 0) is 45.4 Å². The summed E-state index contributed by atoms with van der Waals surface area (Å²) in [6, 6.07) is 7.08. The largest absolute Gasteiger partial charge is 0.392 e. The third-order valence-corrected chi connectivity index (χ3v) is 4.84. The van der Waals surface area contributed by atoms with Crippen LogP contribution in [0.1, 0.15) is 33.3 Å². The second-order valence-corrected chi connectivity index (χ2v) is 7.40. The van der Waals surface area contributed by atoms with Crippen LogP contribution in [0.2, 0.25) is 0 Å². The van der Waals surface area contributed by atoms with Crippen molar-refractivity contribution in [2.45, 2.75) is 51.3 Å². The van der Waals surface area contributed by atoms with Gasteiger partial charge in [-0.15, -0.1) is 0 Å². The minimum atomic E-state index is -3.53. The number of rotatable bonds is 8. The summed E-state index contributed by atoms with van der Waals surface area (Å²) >= 11 is 0. The number of sulfonamides is 1. The molecule has 0 aliphatic heterocycles. The van der Waals surface area contributed by atoms with E-state index in [1.807, 2.05) is 0 Å². The Morgan fingerprint density at radius 1 is 1.19 bits per heavy atom. The predicted octanol–water partition coefficient (Wildman–Crippen LogP) is 1.58. The van der Waals surface area contributed by atoms with Gasteiger partial charge in [-0.2, -0.15) is 0 Å². The number of benzene rings is 1. The normalized spacial score (nSPS) is 12.6. The first-order chi connectivity index (χ1) is 9.77. The third-order valence-electron chi connectivity index (χ3n) is 3.38. The fourth-order valence-electron chi connectivity index (χ4n) is 2.32. The van der Waals surface area contributed by atoms with E-state index in [1.165, 1.54) is 12.1 Å². The Labute approximate surface area is 128 Å². The quantitative estimate of drug-likeness (QED) is 0.764. The van der Waals surface area contributed by atoms with Crippen LogP contribution in [0.4, 0.5) is 0 Å². The molecule has 1 aromatic carbocycles. The molecule has 0 saturated heterocycles. The SMILES string of the molecule is CC(C)N(CCNS(=O)(=O)c1cccc(CO)c1)C(C)C. The summed E-state index contributed by atoms with van der Waals surface area (Å²) in [5.74, 6) is 0. The molecule has 6 heteroatoms. The smallest absolute Gasteiger partial charge is 0.240 e. The Bertz CT molecular complexity index is 534. The molecule has 0 radical (unpaired) electrons. The van der Waals surface area contributed by atoms with Gasteiger partial charge < -0.3 is 5.11 Å². The van der Waals surface area contributed by atoms with E-state index < -0.39 is 10.0 Å². The van der Waals surface area contributed by atoms with Crippen molar-refractivity contribution < 1.29 is 13.5 Å². The molecule has 0 bridgehead atoms. The van der Waals surface area contributed by atoms with Crippen LogP contribution in [0.25, 0.3) is 0 Å². The third kappa shape index (κ3) is 5.39. The summed E-state index contributed by atoms with van der Waals surface area (Å²) in [6.45, 7) is 9.24. The van der Waals surface area contributed by atoms with E-state index in [0.717, 1.165) is 0 Å². The summed E-state index contributed by atoms with van der Waals surface area (Å²) in [5.41, 5.74) is 0.587. The highest BCUT2D eigenvalue weighted by Crippen LogP contribution is 2.11. The van der Waals surface area contributed by atoms with Gasteiger partial charge >= 0.3 is 0 Å². The molecule has 0 aliphatic carbocycles. The van der Waals surface area contributed by atoms with Crippen molar-refractivity contribution in [1.82, 2.24) is 9.62 Å². The van der Waals surface area contributed by atoms with Crippen molar-refractivity contribution in [2.24, 2.45) is 0 Å². The van der Waals surface area contributed by atoms with Crippen molar-refractivity contribution in [2.75, 3.05) is 13.1 Å². The number of aliphatic hydroxyl groups excluding tert-OH is 1. The molecule has 0 spiro atoms. The van der Waals surface area contributed by atoms with E-state index in [4.69, 9.17) is 5.11 Å². The van der Waals surface area contributed by atoms with E-state index in [-0.39, 0.29) is 11.5 Å². The topological polar surface area (TPSA) is 69.6 Å². The Balaban J connectivity index is 2.68. The lowest BCUT2D eigenvalue weighted by Gasteiger charge is -2.30. The molecule has 0 atom stereocenters. The van der Waals surface area contributed by atoms with Gasteiger partial charge in [0, 0.05) is 25.2 Å². The summed E-state index contributed by atoms with van der Waals surface area (Å²) in [4.78, 5) is 2.42. The first kappa shape index (κ1) is 18.1. The van der Waals surface area contributed by atoms with E-state index in [9.17, 15) is 8.42 Å². The number of aliphatic hydroxyl groups is 1. The number of hydrogen-bond donors (Lipinski definition) is 2. The molecule has 0 aliphatic rings. The molecule has 2 N–H and O–H groups in total. The van der Waals surface area contributed by atoms with Crippen LogP contribution in [0.3, 0.4) is 0 Å². The number of nitrogens with one attached hydrogen (secondary N) is 1. The van der Waals surface area contributed by atoms with Gasteiger partial charge in [0.2, 0.25) is 10.0 Å². The molecule has 21 heavy (non-hydrogen) atoms. The second-order valence-electron chi connectivity index (χ2n) is 5.63. The van der Waals surface area contributed by atoms with Gasteiger partial charge in [-0.25, -0.2) is 13.1 Å². The lowest BCUT2D eigenvalue weighted by molar-refractivity contribution is 0.179. The highest BCUT2D eigenvalue weighted by atomic mass is 32.2. The molecule has 0 heterocycles. The van der Waals surface area contributed by atoms with Gasteiger partial charge in [0.15, 0.2) is 0 Å². The predicted molar refractivity (Wildman–Crippen MR) is 84.5 cm³/mol. The molecule has 0 saturated carbocycles. The van der Waals surface area contributed by atoms with Crippen LogP contribution in [0.15, 0.2) is 29.2 Å². The summed E-state index contributed by atoms with van der Waals surface area (Å²) in [5, 5.41) is 9.08. The lowest BCUT2D eigenvalue weighted by atomic mass is 10.2. The Hall–Kier alpha value is -0.950. The maximum atomic E-state index is 12.2. The zero-order valence-corrected chi connectivity index (χ0v) is 14.0. The Morgan fingerprint density at radius 3 is 2.33 bits per heavy atom. The highest BCUT2D eigenvalue weighted by molar-refractivity contribution is 7.89. The van der Waals surface area contributed by atoms with Crippen molar-refractivity contribution >= 4 is 10.0 Å². The van der Waals surface area contributed by atoms with Gasteiger partial charge in [0.05, 0.1) is 11.5 Å². The molecule has 0 aromatic heterocycles. The van der Waals surface area contributed by atoms with Crippen molar-refractivity contribution in [3.63, 3.8) is 0 Å². The van der Waals surface area contributed by atoms with Crippen LogP contribution >= 0.6 is 0 Å². The maximum absolute atomic E-state index is 12.2. The second kappa shape index (κ2) is 7.89. The van der Waals surface area contributed by atoms with Crippen LogP contribution in [0, 0.1) is 0 Å². The zero-order valence-electron chi connectivity index (χ0n) is 13.2. The van der Waals surface area contributed by atoms with Gasteiger partial charge in [-0.1, -0.05) is 12.1 Å². The molecule has 0 unspecified atom stereocenters. The molecule has 120 valence electrons. The lowest BCUT2D eigenvalue weighted by Crippen LogP contribution is -2.42. The standard InChI is InChI=1S/C15H26N2O3S/c1-12(2)17(13(3)4)9-8-16-21(19,20)15-7-5-6-14(10-15)11-18/h5-7,10,12-13,16,18H,8-9,11H2,1-4H3. The average molecular weight is 314 g/mol. The zero-order chi connectivity index (χ0) is 16.0. The Kier molecular flexibility index (Phi) is 6.80. The molecule has 1 aromatic rings. The van der Waals surface area contributed by atoms with Crippen molar-refractivity contribution in [1.29, 1.82) is 0 Å². The minimum absolute atomic E-state index is 0.169. The van der Waals surface area contributed by atoms with Crippen LogP contribution in [0.5, 0.6) is 0 Å². The summed E-state index contributed by atoms with van der Waals surface area (Å²) < 4.78 is 27.0. The van der Waals surface area contributed by atoms with E-state index in [1.54, 1.807) is 12.1 Å². The highest BCUT2D eigenvalue weighted by Gasteiger charge is 2.17. The van der Waals surface area contributed by atoms with Gasteiger partial charge in [0.1, 0.15) is 0 Å². The molecule has 0 fully saturated rings. The van der Waals surface area contributed by atoms with Crippen LogP contribution in [-0.2, 0) is 16.6 Å². The molecule has 1 rings (SSSR count). The number of hydrogen-bond acceptors (Lipinski definition) is 4. The van der Waals surface area contributed by atoms with Crippen LogP contribution in [-0.4, -0.2) is 43.6 Å². The maximum Gasteiger partial charge on any atom is 0.240 e. The number of nitrogens with zero attached hydrogens (tertiary/aromatic N) is 1. The summed E-state index contributed by atoms with van der Waals surface area (Å²) in [7, 11) is -3.53. The first-order valence-corrected chi connectivity index (χ1v) is 8.71. The molecular formula is C15H26N2O3S. The molecule has 0 amide bonds.